The lowest BCUT2D eigenvalue weighted by Crippen LogP contribution is -2.61. The molecule has 73 heavy (non-hydrogen) atoms. The normalized spacial score (nSPS) is 18.9. The van der Waals surface area contributed by atoms with Crippen LogP contribution < -0.4 is 0 Å². The number of rotatable bonds is 47. The highest BCUT2D eigenvalue weighted by Crippen LogP contribution is 2.26. The molecule has 0 aromatic carbocycles. The fraction of sp³-hybridized carbons (Fsp3) is 0.705. The van der Waals surface area contributed by atoms with Gasteiger partial charge >= 0.3 is 23.9 Å². The van der Waals surface area contributed by atoms with Crippen LogP contribution in [0.1, 0.15) is 226 Å². The van der Waals surface area contributed by atoms with Crippen LogP contribution in [0, 0.1) is 0 Å². The number of ether oxygens (including phenoxy) is 5. The first-order valence-corrected chi connectivity index (χ1v) is 28.6. The Balaban J connectivity index is 2.77. The third kappa shape index (κ3) is 39.0. The van der Waals surface area contributed by atoms with Crippen molar-refractivity contribution in [3.05, 3.63) is 85.1 Å². The molecule has 1 fully saturated rings. The van der Waals surface area contributed by atoms with Gasteiger partial charge in [-0.15, -0.1) is 0 Å². The number of unbranched alkanes of at least 4 members (excludes halogenated alkanes) is 20. The van der Waals surface area contributed by atoms with Crippen LogP contribution in [-0.2, 0) is 42.9 Å². The molecule has 0 aromatic heterocycles. The monoisotopic (exact) mass is 1020 g/mol. The molecular formula is C61H100O12. The number of carboxylic acids is 1. The van der Waals surface area contributed by atoms with Crippen molar-refractivity contribution in [1.29, 1.82) is 0 Å². The van der Waals surface area contributed by atoms with Crippen molar-refractivity contribution < 1.29 is 58.2 Å². The third-order valence-electron chi connectivity index (χ3n) is 12.5. The first-order chi connectivity index (χ1) is 35.6. The molecule has 1 rings (SSSR count). The zero-order valence-corrected chi connectivity index (χ0v) is 45.6. The van der Waals surface area contributed by atoms with Crippen molar-refractivity contribution in [1.82, 2.24) is 0 Å². The summed E-state index contributed by atoms with van der Waals surface area (Å²) >= 11 is 0. The van der Waals surface area contributed by atoms with E-state index < -0.39 is 67.3 Å². The summed E-state index contributed by atoms with van der Waals surface area (Å²) in [4.78, 5) is 51.0. The fourth-order valence-corrected chi connectivity index (χ4v) is 8.12. The van der Waals surface area contributed by atoms with Gasteiger partial charge in [0.25, 0.3) is 0 Å². The number of aliphatic hydroxyl groups is 2. The lowest BCUT2D eigenvalue weighted by molar-refractivity contribution is -0.301. The number of aliphatic hydroxyl groups excluding tert-OH is 2. The molecule has 3 N–H and O–H groups in total. The number of aliphatic carboxylic acids is 1. The molecule has 0 radical (unpaired) electrons. The second-order valence-corrected chi connectivity index (χ2v) is 19.2. The largest absolute Gasteiger partial charge is 0.479 e. The minimum absolute atomic E-state index is 0.0170. The zero-order chi connectivity index (χ0) is 53.3. The predicted octanol–water partition coefficient (Wildman–Crippen LogP) is 14.3. The Morgan fingerprint density at radius 1 is 0.479 bits per heavy atom. The molecule has 12 nitrogen and oxygen atoms in total. The Morgan fingerprint density at radius 3 is 1.41 bits per heavy atom. The van der Waals surface area contributed by atoms with Crippen LogP contribution in [0.2, 0.25) is 0 Å². The summed E-state index contributed by atoms with van der Waals surface area (Å²) in [7, 11) is 0. The lowest BCUT2D eigenvalue weighted by atomic mass is 9.98. The standard InChI is InChI=1S/C61H100O12/c1-4-7-10-13-16-19-22-25-27-30-32-35-38-41-44-47-53(62)69-50-52(71-54(63)48-45-42-39-36-33-29-24-21-18-15-12-9-6-3)51-70-61-59(57(66)56(65)58(73-61)60(67)68)72-55(64)49-46-43-40-37-34-31-28-26-23-20-17-14-11-8-5-2/h7,10,16-17,19-20,25-28,32,35,41,44,52,56-59,61,65-66H,4-6,8-9,11-15,18,21-24,29-31,33-34,36-40,42-43,45-51H2,1-3H3,(H,67,68)/b10-7-,19-16-,20-17-,27-25-,28-26-,35-32-,44-41-. The summed E-state index contributed by atoms with van der Waals surface area (Å²) < 4.78 is 28.2. The first-order valence-electron chi connectivity index (χ1n) is 28.6. The smallest absolute Gasteiger partial charge is 0.335 e. The maximum Gasteiger partial charge on any atom is 0.335 e. The summed E-state index contributed by atoms with van der Waals surface area (Å²) in [6.07, 6.45) is 50.1. The van der Waals surface area contributed by atoms with Gasteiger partial charge in [0.15, 0.2) is 24.6 Å². The number of esters is 3. The minimum atomic E-state index is -1.92. The van der Waals surface area contributed by atoms with Crippen molar-refractivity contribution >= 4 is 23.9 Å². The van der Waals surface area contributed by atoms with Crippen LogP contribution >= 0.6 is 0 Å². The quantitative estimate of drug-likeness (QED) is 0.0228. The van der Waals surface area contributed by atoms with Gasteiger partial charge in [0, 0.05) is 12.8 Å². The average molecular weight is 1030 g/mol. The van der Waals surface area contributed by atoms with E-state index in [4.69, 9.17) is 23.7 Å². The molecule has 1 aliphatic heterocycles. The average Bonchev–Trinajstić information content (AvgIpc) is 3.37. The second kappa shape index (κ2) is 48.8. The van der Waals surface area contributed by atoms with Gasteiger partial charge in [-0.25, -0.2) is 4.79 Å². The molecule has 1 saturated heterocycles. The van der Waals surface area contributed by atoms with E-state index in [0.29, 0.717) is 19.3 Å². The maximum atomic E-state index is 13.1. The summed E-state index contributed by atoms with van der Waals surface area (Å²) in [6.45, 7) is 5.75. The first kappa shape index (κ1) is 66.9. The molecule has 12 heteroatoms. The molecular weight excluding hydrogens is 925 g/mol. The molecule has 6 unspecified atom stereocenters. The highest BCUT2D eigenvalue weighted by atomic mass is 16.7. The van der Waals surface area contributed by atoms with E-state index in [2.05, 4.69) is 87.6 Å². The summed E-state index contributed by atoms with van der Waals surface area (Å²) in [5.41, 5.74) is 0. The molecule has 0 amide bonds. The van der Waals surface area contributed by atoms with Gasteiger partial charge in [-0.05, 0) is 77.0 Å². The lowest BCUT2D eigenvalue weighted by Gasteiger charge is -2.40. The Kier molecular flexibility index (Phi) is 44.7. The number of allylic oxidation sites excluding steroid dienone is 13. The number of hydrogen-bond acceptors (Lipinski definition) is 11. The number of carbonyl (C=O) groups excluding carboxylic acids is 3. The SMILES string of the molecule is CC/C=C\C/C=C\C/C=C\C/C=C\C/C=C\CC(=O)OCC(COC1OC(C(=O)O)C(O)C(O)C1OC(=O)CCCCCCC/C=C\C/C=C\CCCCC)OC(=O)CCCCCCCCCCCCCCC. The van der Waals surface area contributed by atoms with E-state index in [1.54, 1.807) is 6.08 Å². The maximum absolute atomic E-state index is 13.1. The number of carbonyl (C=O) groups is 4. The van der Waals surface area contributed by atoms with Crippen molar-refractivity contribution in [3.63, 3.8) is 0 Å². The van der Waals surface area contributed by atoms with Gasteiger partial charge < -0.3 is 39.0 Å². The summed E-state index contributed by atoms with van der Waals surface area (Å²) in [5.74, 6) is -3.30. The fourth-order valence-electron chi connectivity index (χ4n) is 8.12. The predicted molar refractivity (Wildman–Crippen MR) is 294 cm³/mol. The van der Waals surface area contributed by atoms with Crippen LogP contribution in [0.5, 0.6) is 0 Å². The van der Waals surface area contributed by atoms with E-state index in [0.717, 1.165) is 89.9 Å². The van der Waals surface area contributed by atoms with E-state index in [1.807, 2.05) is 12.2 Å². The van der Waals surface area contributed by atoms with Crippen LogP contribution in [0.25, 0.3) is 0 Å². The Morgan fingerprint density at radius 2 is 0.904 bits per heavy atom. The van der Waals surface area contributed by atoms with E-state index in [-0.39, 0.29) is 25.9 Å². The van der Waals surface area contributed by atoms with Crippen LogP contribution in [0.3, 0.4) is 0 Å². The molecule has 0 aliphatic carbocycles. The van der Waals surface area contributed by atoms with Crippen molar-refractivity contribution in [3.8, 4) is 0 Å². The molecule has 416 valence electrons. The molecule has 1 aliphatic rings. The number of hydrogen-bond donors (Lipinski definition) is 3. The molecule has 6 atom stereocenters. The Hall–Kier alpha value is -4.10. The van der Waals surface area contributed by atoms with Gasteiger partial charge in [0.05, 0.1) is 13.0 Å². The zero-order valence-electron chi connectivity index (χ0n) is 45.6. The highest BCUT2D eigenvalue weighted by molar-refractivity contribution is 5.74. The van der Waals surface area contributed by atoms with Crippen LogP contribution in [0.15, 0.2) is 85.1 Å². The third-order valence-corrected chi connectivity index (χ3v) is 12.5. The summed E-state index contributed by atoms with van der Waals surface area (Å²) in [6, 6.07) is 0. The molecule has 0 spiro atoms. The van der Waals surface area contributed by atoms with Gasteiger partial charge in [-0.2, -0.15) is 0 Å². The van der Waals surface area contributed by atoms with E-state index >= 15 is 0 Å². The number of carboxylic acid groups (broad SMARTS) is 1. The topological polar surface area (TPSA) is 175 Å². The Labute approximate surface area is 441 Å². The van der Waals surface area contributed by atoms with E-state index in [1.165, 1.54) is 77.0 Å². The van der Waals surface area contributed by atoms with E-state index in [9.17, 15) is 34.5 Å². The van der Waals surface area contributed by atoms with Crippen molar-refractivity contribution in [2.24, 2.45) is 0 Å². The van der Waals surface area contributed by atoms with Crippen molar-refractivity contribution in [2.45, 2.75) is 263 Å². The van der Waals surface area contributed by atoms with Crippen LogP contribution in [-0.4, -0.2) is 89.2 Å². The summed E-state index contributed by atoms with van der Waals surface area (Å²) in [5, 5.41) is 31.4. The minimum Gasteiger partial charge on any atom is -0.479 e. The van der Waals surface area contributed by atoms with Gasteiger partial charge in [0.1, 0.15) is 18.8 Å². The van der Waals surface area contributed by atoms with Crippen molar-refractivity contribution in [2.75, 3.05) is 13.2 Å². The molecule has 0 saturated carbocycles. The van der Waals surface area contributed by atoms with Gasteiger partial charge in [-0.1, -0.05) is 215 Å². The molecule has 0 bridgehead atoms. The highest BCUT2D eigenvalue weighted by Gasteiger charge is 2.50. The Bertz CT molecular complexity index is 1590. The second-order valence-electron chi connectivity index (χ2n) is 19.2. The van der Waals surface area contributed by atoms with Gasteiger partial charge in [0.2, 0.25) is 0 Å². The van der Waals surface area contributed by atoms with Crippen LogP contribution in [0.4, 0.5) is 0 Å². The molecule has 0 aromatic rings. The molecule has 1 heterocycles. The van der Waals surface area contributed by atoms with Gasteiger partial charge in [-0.3, -0.25) is 14.4 Å².